The molecule has 1 heterocycles. The first-order valence-corrected chi connectivity index (χ1v) is 9.37. The van der Waals surface area contributed by atoms with E-state index in [9.17, 15) is 14.0 Å². The minimum absolute atomic E-state index is 0.0919. The van der Waals surface area contributed by atoms with Crippen LogP contribution >= 0.6 is 0 Å². The van der Waals surface area contributed by atoms with Crippen LogP contribution in [-0.2, 0) is 4.79 Å². The smallest absolute Gasteiger partial charge is 0.263 e. The summed E-state index contributed by atoms with van der Waals surface area (Å²) in [7, 11) is 1.59. The van der Waals surface area contributed by atoms with Gasteiger partial charge in [-0.3, -0.25) is 9.59 Å². The van der Waals surface area contributed by atoms with E-state index in [2.05, 4.69) is 0 Å². The minimum atomic E-state index is -0.667. The van der Waals surface area contributed by atoms with Gasteiger partial charge in [0, 0.05) is 24.6 Å². The number of ether oxygens (including phenoxy) is 2. The number of ketones is 1. The molecule has 1 aliphatic rings. The maximum atomic E-state index is 13.0. The predicted octanol–water partition coefficient (Wildman–Crippen LogP) is 3.72. The Morgan fingerprint density at radius 1 is 1.00 bits per heavy atom. The number of likely N-dealkylation sites (tertiary alicyclic amines) is 1. The second-order valence-corrected chi connectivity index (χ2v) is 6.91. The van der Waals surface area contributed by atoms with E-state index in [-0.39, 0.29) is 23.4 Å². The zero-order chi connectivity index (χ0) is 20.1. The van der Waals surface area contributed by atoms with Gasteiger partial charge in [-0.1, -0.05) is 0 Å². The Morgan fingerprint density at radius 3 is 2.14 bits per heavy atom. The molecule has 5 nitrogen and oxygen atoms in total. The van der Waals surface area contributed by atoms with Crippen LogP contribution in [0.4, 0.5) is 4.39 Å². The summed E-state index contributed by atoms with van der Waals surface area (Å²) < 4.78 is 23.7. The Balaban J connectivity index is 1.52. The van der Waals surface area contributed by atoms with Crippen molar-refractivity contribution in [2.75, 3.05) is 20.2 Å². The molecule has 28 heavy (non-hydrogen) atoms. The molecule has 0 radical (unpaired) electrons. The van der Waals surface area contributed by atoms with Crippen LogP contribution in [0.2, 0.25) is 0 Å². The fourth-order valence-corrected chi connectivity index (χ4v) is 3.38. The van der Waals surface area contributed by atoms with Crippen molar-refractivity contribution in [1.82, 2.24) is 4.90 Å². The molecule has 1 atom stereocenters. The molecule has 0 unspecified atom stereocenters. The summed E-state index contributed by atoms with van der Waals surface area (Å²) in [5, 5.41) is 0. The van der Waals surface area contributed by atoms with Crippen molar-refractivity contribution in [3.8, 4) is 11.5 Å². The standard InChI is InChI=1S/C22H24FNO4/c1-15(28-20-9-5-18(23)6-10-20)22(26)24-13-11-17(12-14-24)21(25)16-3-7-19(27-2)8-4-16/h3-10,15,17H,11-14H2,1-2H3/t15-/m1/s1. The lowest BCUT2D eigenvalue weighted by molar-refractivity contribution is -0.139. The lowest BCUT2D eigenvalue weighted by Gasteiger charge is -2.33. The van der Waals surface area contributed by atoms with E-state index in [1.165, 1.54) is 24.3 Å². The average Bonchev–Trinajstić information content (AvgIpc) is 2.74. The molecular weight excluding hydrogens is 361 g/mol. The largest absolute Gasteiger partial charge is 0.497 e. The van der Waals surface area contributed by atoms with Crippen LogP contribution in [-0.4, -0.2) is 42.9 Å². The molecule has 0 spiro atoms. The highest BCUT2D eigenvalue weighted by Gasteiger charge is 2.30. The van der Waals surface area contributed by atoms with E-state index < -0.39 is 6.10 Å². The van der Waals surface area contributed by atoms with Gasteiger partial charge in [0.2, 0.25) is 0 Å². The number of benzene rings is 2. The molecule has 0 N–H and O–H groups in total. The third-order valence-electron chi connectivity index (χ3n) is 5.03. The van der Waals surface area contributed by atoms with Crippen LogP contribution in [0.5, 0.6) is 11.5 Å². The van der Waals surface area contributed by atoms with Gasteiger partial charge in [-0.2, -0.15) is 0 Å². The normalized spacial score (nSPS) is 15.8. The first kappa shape index (κ1) is 19.9. The second-order valence-electron chi connectivity index (χ2n) is 6.91. The number of carbonyl (C=O) groups is 2. The number of piperidine rings is 1. The van der Waals surface area contributed by atoms with Crippen molar-refractivity contribution >= 4 is 11.7 Å². The molecule has 1 aliphatic heterocycles. The van der Waals surface area contributed by atoms with Gasteiger partial charge in [-0.25, -0.2) is 4.39 Å². The van der Waals surface area contributed by atoms with Gasteiger partial charge in [0.15, 0.2) is 11.9 Å². The summed E-state index contributed by atoms with van der Waals surface area (Å²) >= 11 is 0. The number of hydrogen-bond donors (Lipinski definition) is 0. The number of methoxy groups -OCH3 is 1. The van der Waals surface area contributed by atoms with Crippen molar-refractivity contribution in [3.63, 3.8) is 0 Å². The number of hydrogen-bond acceptors (Lipinski definition) is 4. The van der Waals surface area contributed by atoms with Crippen molar-refractivity contribution in [1.29, 1.82) is 0 Å². The van der Waals surface area contributed by atoms with Crippen LogP contribution in [0.15, 0.2) is 48.5 Å². The van der Waals surface area contributed by atoms with Crippen LogP contribution in [0.1, 0.15) is 30.1 Å². The maximum Gasteiger partial charge on any atom is 0.263 e. The van der Waals surface area contributed by atoms with E-state index in [0.29, 0.717) is 43.0 Å². The Kier molecular flexibility index (Phi) is 6.29. The Morgan fingerprint density at radius 2 is 1.57 bits per heavy atom. The molecule has 0 bridgehead atoms. The van der Waals surface area contributed by atoms with Gasteiger partial charge in [0.1, 0.15) is 17.3 Å². The average molecular weight is 385 g/mol. The third-order valence-corrected chi connectivity index (χ3v) is 5.03. The van der Waals surface area contributed by atoms with E-state index >= 15 is 0 Å². The molecule has 6 heteroatoms. The van der Waals surface area contributed by atoms with Crippen LogP contribution in [0.25, 0.3) is 0 Å². The molecule has 0 aromatic heterocycles. The summed E-state index contributed by atoms with van der Waals surface area (Å²) in [6, 6.07) is 12.7. The zero-order valence-corrected chi connectivity index (χ0v) is 16.1. The Hall–Kier alpha value is -2.89. The molecule has 1 saturated heterocycles. The van der Waals surface area contributed by atoms with Gasteiger partial charge >= 0.3 is 0 Å². The molecule has 3 rings (SSSR count). The van der Waals surface area contributed by atoms with E-state index in [0.717, 1.165) is 0 Å². The van der Waals surface area contributed by atoms with Gasteiger partial charge < -0.3 is 14.4 Å². The number of rotatable bonds is 6. The second kappa shape index (κ2) is 8.87. The Labute approximate surface area is 164 Å². The van der Waals surface area contributed by atoms with Crippen molar-refractivity contribution in [2.24, 2.45) is 5.92 Å². The summed E-state index contributed by atoms with van der Waals surface area (Å²) in [6.45, 7) is 2.71. The molecule has 1 amide bonds. The third kappa shape index (κ3) is 4.68. The number of carbonyl (C=O) groups excluding carboxylic acids is 2. The van der Waals surface area contributed by atoms with Crippen molar-refractivity contribution in [2.45, 2.75) is 25.9 Å². The number of Topliss-reactive ketones (excluding diaryl/α,β-unsaturated/α-hetero) is 1. The monoisotopic (exact) mass is 385 g/mol. The van der Waals surface area contributed by atoms with E-state index in [1.54, 1.807) is 43.2 Å². The van der Waals surface area contributed by atoms with E-state index in [4.69, 9.17) is 9.47 Å². The first-order chi connectivity index (χ1) is 13.5. The summed E-state index contributed by atoms with van der Waals surface area (Å²) in [4.78, 5) is 27.0. The predicted molar refractivity (Wildman–Crippen MR) is 103 cm³/mol. The fourth-order valence-electron chi connectivity index (χ4n) is 3.38. The van der Waals surface area contributed by atoms with Crippen LogP contribution < -0.4 is 9.47 Å². The number of halogens is 1. The highest BCUT2D eigenvalue weighted by atomic mass is 19.1. The summed E-state index contributed by atoms with van der Waals surface area (Å²) in [5.74, 6) is 0.699. The summed E-state index contributed by atoms with van der Waals surface area (Å²) in [6.07, 6.45) is 0.582. The summed E-state index contributed by atoms with van der Waals surface area (Å²) in [5.41, 5.74) is 0.665. The van der Waals surface area contributed by atoms with Gasteiger partial charge in [-0.15, -0.1) is 0 Å². The molecule has 2 aromatic rings. The minimum Gasteiger partial charge on any atom is -0.497 e. The lowest BCUT2D eigenvalue weighted by Crippen LogP contribution is -2.45. The highest BCUT2D eigenvalue weighted by Crippen LogP contribution is 2.24. The quantitative estimate of drug-likeness (QED) is 0.711. The lowest BCUT2D eigenvalue weighted by atomic mass is 9.88. The molecule has 148 valence electrons. The van der Waals surface area contributed by atoms with Crippen molar-refractivity contribution < 1.29 is 23.5 Å². The molecule has 0 aliphatic carbocycles. The Bertz CT molecular complexity index is 811. The zero-order valence-electron chi connectivity index (χ0n) is 16.1. The molecule has 1 fully saturated rings. The van der Waals surface area contributed by atoms with E-state index in [1.807, 2.05) is 0 Å². The number of amides is 1. The van der Waals surface area contributed by atoms with Crippen LogP contribution in [0.3, 0.4) is 0 Å². The fraction of sp³-hybridized carbons (Fsp3) is 0.364. The SMILES string of the molecule is COc1ccc(C(=O)C2CCN(C(=O)[C@@H](C)Oc3ccc(F)cc3)CC2)cc1. The maximum absolute atomic E-state index is 13.0. The molecule has 0 saturated carbocycles. The van der Waals surface area contributed by atoms with Gasteiger partial charge in [0.25, 0.3) is 5.91 Å². The van der Waals surface area contributed by atoms with Crippen LogP contribution in [0, 0.1) is 11.7 Å². The highest BCUT2D eigenvalue weighted by molar-refractivity contribution is 5.98. The first-order valence-electron chi connectivity index (χ1n) is 9.37. The van der Waals surface area contributed by atoms with Crippen molar-refractivity contribution in [3.05, 3.63) is 59.9 Å². The molecular formula is C22H24FNO4. The number of nitrogens with zero attached hydrogens (tertiary/aromatic N) is 1. The van der Waals surface area contributed by atoms with Gasteiger partial charge in [-0.05, 0) is 68.3 Å². The van der Waals surface area contributed by atoms with Gasteiger partial charge in [0.05, 0.1) is 7.11 Å². The molecule has 2 aromatic carbocycles. The topological polar surface area (TPSA) is 55.8 Å².